The Kier molecular flexibility index (Phi) is 5.85. The van der Waals surface area contributed by atoms with Gasteiger partial charge in [-0.25, -0.2) is 0 Å². The van der Waals surface area contributed by atoms with Crippen molar-refractivity contribution in [3.63, 3.8) is 0 Å². The van der Waals surface area contributed by atoms with E-state index in [1.54, 1.807) is 6.20 Å². The standard InChI is InChI=1S/C16H22N2O2/c1-13-16(20-12-15-7-8-17-15)10-14(11-18-13)6-4-2-3-5-9-19/h10-11,15,17,19H,2-3,5,7-9,12H2,1H3. The van der Waals surface area contributed by atoms with Crippen molar-refractivity contribution in [3.05, 3.63) is 23.5 Å². The van der Waals surface area contributed by atoms with Crippen LogP contribution in [0.15, 0.2) is 12.3 Å². The van der Waals surface area contributed by atoms with Crippen LogP contribution in [-0.4, -0.2) is 35.9 Å². The third-order valence-corrected chi connectivity index (χ3v) is 3.35. The quantitative estimate of drug-likeness (QED) is 0.612. The Balaban J connectivity index is 1.89. The summed E-state index contributed by atoms with van der Waals surface area (Å²) >= 11 is 0. The van der Waals surface area contributed by atoms with Gasteiger partial charge in [0, 0.05) is 30.8 Å². The maximum atomic E-state index is 8.70. The van der Waals surface area contributed by atoms with Crippen molar-refractivity contribution >= 4 is 0 Å². The summed E-state index contributed by atoms with van der Waals surface area (Å²) < 4.78 is 5.80. The highest BCUT2D eigenvalue weighted by Crippen LogP contribution is 2.17. The van der Waals surface area contributed by atoms with Gasteiger partial charge in [0.1, 0.15) is 12.4 Å². The van der Waals surface area contributed by atoms with Crippen LogP contribution in [-0.2, 0) is 0 Å². The Hall–Kier alpha value is -1.57. The number of aryl methyl sites for hydroxylation is 1. The van der Waals surface area contributed by atoms with Gasteiger partial charge in [0.15, 0.2) is 0 Å². The molecular formula is C16H22N2O2. The molecule has 2 rings (SSSR count). The van der Waals surface area contributed by atoms with E-state index in [-0.39, 0.29) is 6.61 Å². The number of nitrogens with one attached hydrogen (secondary N) is 1. The molecule has 1 atom stereocenters. The van der Waals surface area contributed by atoms with Gasteiger partial charge in [-0.2, -0.15) is 0 Å². The van der Waals surface area contributed by atoms with Crippen LogP contribution in [0.3, 0.4) is 0 Å². The summed E-state index contributed by atoms with van der Waals surface area (Å²) in [7, 11) is 0. The van der Waals surface area contributed by atoms with Crippen molar-refractivity contribution in [2.75, 3.05) is 19.8 Å². The molecule has 0 bridgehead atoms. The molecule has 0 saturated carbocycles. The molecule has 1 unspecified atom stereocenters. The smallest absolute Gasteiger partial charge is 0.141 e. The highest BCUT2D eigenvalue weighted by Gasteiger charge is 2.17. The average Bonchev–Trinajstić information content (AvgIpc) is 2.40. The second-order valence-corrected chi connectivity index (χ2v) is 5.04. The summed E-state index contributed by atoms with van der Waals surface area (Å²) in [5, 5.41) is 12.0. The fourth-order valence-electron chi connectivity index (χ4n) is 1.90. The van der Waals surface area contributed by atoms with E-state index in [1.165, 1.54) is 6.42 Å². The number of ether oxygens (including phenoxy) is 1. The molecule has 4 nitrogen and oxygen atoms in total. The van der Waals surface area contributed by atoms with Crippen LogP contribution in [0.1, 0.15) is 36.9 Å². The van der Waals surface area contributed by atoms with Crippen LogP contribution in [0.25, 0.3) is 0 Å². The van der Waals surface area contributed by atoms with Crippen molar-refractivity contribution < 1.29 is 9.84 Å². The predicted molar refractivity (Wildman–Crippen MR) is 78.7 cm³/mol. The van der Waals surface area contributed by atoms with E-state index in [0.717, 1.165) is 42.8 Å². The molecule has 1 saturated heterocycles. The van der Waals surface area contributed by atoms with Gasteiger partial charge in [-0.05, 0) is 38.8 Å². The van der Waals surface area contributed by atoms with E-state index >= 15 is 0 Å². The number of aromatic nitrogens is 1. The van der Waals surface area contributed by atoms with Gasteiger partial charge >= 0.3 is 0 Å². The van der Waals surface area contributed by atoms with E-state index in [1.807, 2.05) is 13.0 Å². The minimum atomic E-state index is 0.237. The summed E-state index contributed by atoms with van der Waals surface area (Å²) in [6.45, 7) is 3.96. The second kappa shape index (κ2) is 7.88. The summed E-state index contributed by atoms with van der Waals surface area (Å²) in [5.41, 5.74) is 1.78. The third kappa shape index (κ3) is 4.52. The van der Waals surface area contributed by atoms with Crippen molar-refractivity contribution in [2.45, 2.75) is 38.6 Å². The average molecular weight is 274 g/mol. The Labute approximate surface area is 120 Å². The third-order valence-electron chi connectivity index (χ3n) is 3.35. The molecule has 0 amide bonds. The zero-order chi connectivity index (χ0) is 14.2. The molecule has 0 aromatic carbocycles. The molecule has 0 spiro atoms. The molecule has 1 aliphatic heterocycles. The van der Waals surface area contributed by atoms with E-state index in [4.69, 9.17) is 9.84 Å². The van der Waals surface area contributed by atoms with Crippen molar-refractivity contribution in [1.29, 1.82) is 0 Å². The van der Waals surface area contributed by atoms with Gasteiger partial charge in [0.25, 0.3) is 0 Å². The topological polar surface area (TPSA) is 54.4 Å². The summed E-state index contributed by atoms with van der Waals surface area (Å²) in [6.07, 6.45) is 5.50. The molecule has 2 heterocycles. The summed E-state index contributed by atoms with van der Waals surface area (Å²) in [4.78, 5) is 4.33. The first-order valence-corrected chi connectivity index (χ1v) is 7.22. The van der Waals surface area contributed by atoms with Gasteiger partial charge in [-0.1, -0.05) is 11.8 Å². The first kappa shape index (κ1) is 14.8. The Morgan fingerprint density at radius 1 is 1.50 bits per heavy atom. The lowest BCUT2D eigenvalue weighted by molar-refractivity contribution is 0.216. The second-order valence-electron chi connectivity index (χ2n) is 5.04. The Morgan fingerprint density at radius 2 is 2.35 bits per heavy atom. The largest absolute Gasteiger partial charge is 0.490 e. The van der Waals surface area contributed by atoms with Crippen LogP contribution in [0.2, 0.25) is 0 Å². The van der Waals surface area contributed by atoms with Gasteiger partial charge in [-0.15, -0.1) is 0 Å². The van der Waals surface area contributed by atoms with Gasteiger partial charge in [0.05, 0.1) is 5.69 Å². The van der Waals surface area contributed by atoms with Crippen LogP contribution in [0, 0.1) is 18.8 Å². The maximum absolute atomic E-state index is 8.70. The number of aliphatic hydroxyl groups is 1. The summed E-state index contributed by atoms with van der Waals surface area (Å²) in [6, 6.07) is 2.43. The van der Waals surface area contributed by atoms with Crippen LogP contribution in [0.5, 0.6) is 5.75 Å². The molecule has 4 heteroatoms. The lowest BCUT2D eigenvalue weighted by Crippen LogP contribution is -2.46. The van der Waals surface area contributed by atoms with Crippen LogP contribution < -0.4 is 10.1 Å². The van der Waals surface area contributed by atoms with E-state index in [2.05, 4.69) is 22.1 Å². The molecule has 1 aromatic rings. The van der Waals surface area contributed by atoms with Crippen molar-refractivity contribution in [3.8, 4) is 17.6 Å². The number of hydrogen-bond donors (Lipinski definition) is 2. The minimum Gasteiger partial charge on any atom is -0.490 e. The molecule has 1 aromatic heterocycles. The van der Waals surface area contributed by atoms with Crippen molar-refractivity contribution in [1.82, 2.24) is 10.3 Å². The molecule has 1 aliphatic rings. The Bertz CT molecular complexity index is 487. The zero-order valence-electron chi connectivity index (χ0n) is 12.0. The molecular weight excluding hydrogens is 252 g/mol. The predicted octanol–water partition coefficient (Wildman–Crippen LogP) is 1.64. The fourth-order valence-corrected chi connectivity index (χ4v) is 1.90. The molecule has 2 N–H and O–H groups in total. The maximum Gasteiger partial charge on any atom is 0.141 e. The number of rotatable bonds is 6. The van der Waals surface area contributed by atoms with Crippen LogP contribution in [0.4, 0.5) is 0 Å². The van der Waals surface area contributed by atoms with Gasteiger partial charge in [0.2, 0.25) is 0 Å². The first-order chi connectivity index (χ1) is 9.79. The van der Waals surface area contributed by atoms with E-state index in [0.29, 0.717) is 12.6 Å². The molecule has 0 aliphatic carbocycles. The minimum absolute atomic E-state index is 0.237. The fraction of sp³-hybridized carbons (Fsp3) is 0.562. The number of nitrogens with zero attached hydrogens (tertiary/aromatic N) is 1. The first-order valence-electron chi connectivity index (χ1n) is 7.22. The number of unbranched alkanes of at least 4 members (excludes halogenated alkanes) is 2. The van der Waals surface area contributed by atoms with E-state index in [9.17, 15) is 0 Å². The normalized spacial score (nSPS) is 17.0. The number of hydrogen-bond acceptors (Lipinski definition) is 4. The molecule has 1 fully saturated rings. The number of pyridine rings is 1. The SMILES string of the molecule is Cc1ncc(C#CCCCCO)cc1OCC1CCN1. The number of aliphatic hydroxyl groups excluding tert-OH is 1. The van der Waals surface area contributed by atoms with Gasteiger partial charge in [-0.3, -0.25) is 4.98 Å². The monoisotopic (exact) mass is 274 g/mol. The highest BCUT2D eigenvalue weighted by molar-refractivity contribution is 5.40. The summed E-state index contributed by atoms with van der Waals surface area (Å²) in [5.74, 6) is 7.02. The molecule has 0 radical (unpaired) electrons. The lowest BCUT2D eigenvalue weighted by atomic mass is 10.1. The van der Waals surface area contributed by atoms with Gasteiger partial charge < -0.3 is 15.2 Å². The zero-order valence-corrected chi connectivity index (χ0v) is 12.0. The van der Waals surface area contributed by atoms with E-state index < -0.39 is 0 Å². The van der Waals surface area contributed by atoms with Crippen molar-refractivity contribution in [2.24, 2.45) is 0 Å². The van der Waals surface area contributed by atoms with Crippen LogP contribution >= 0.6 is 0 Å². The molecule has 108 valence electrons. The molecule has 20 heavy (non-hydrogen) atoms. The highest BCUT2D eigenvalue weighted by atomic mass is 16.5. The lowest BCUT2D eigenvalue weighted by Gasteiger charge is -2.27. The Morgan fingerprint density at radius 3 is 3.05 bits per heavy atom.